The SMILES string of the molecule is C=C/C=C(\C=C/C)C1(c2ccccc2)c2ccccc2-c2c(I)cccc21. The van der Waals surface area contributed by atoms with Crippen LogP contribution in [-0.4, -0.2) is 0 Å². The molecule has 1 aliphatic rings. The summed E-state index contributed by atoms with van der Waals surface area (Å²) in [6.07, 6.45) is 8.39. The minimum absolute atomic E-state index is 0.338. The van der Waals surface area contributed by atoms with Gasteiger partial charge in [-0.2, -0.15) is 0 Å². The van der Waals surface area contributed by atoms with Crippen LogP contribution >= 0.6 is 22.6 Å². The van der Waals surface area contributed by atoms with Gasteiger partial charge in [-0.1, -0.05) is 97.6 Å². The first-order chi connectivity index (χ1) is 13.2. The summed E-state index contributed by atoms with van der Waals surface area (Å²) in [6.45, 7) is 6.07. The van der Waals surface area contributed by atoms with E-state index >= 15 is 0 Å². The van der Waals surface area contributed by atoms with E-state index in [1.165, 1.54) is 37.0 Å². The molecule has 0 radical (unpaired) electrons. The summed E-state index contributed by atoms with van der Waals surface area (Å²) < 4.78 is 1.29. The van der Waals surface area contributed by atoms with Crippen LogP contribution in [0.15, 0.2) is 109 Å². The normalized spacial score (nSPS) is 18.4. The Bertz CT molecular complexity index is 1060. The van der Waals surface area contributed by atoms with E-state index in [1.54, 1.807) is 0 Å². The van der Waals surface area contributed by atoms with E-state index < -0.39 is 0 Å². The topological polar surface area (TPSA) is 0 Å². The van der Waals surface area contributed by atoms with Crippen molar-refractivity contribution in [3.05, 3.63) is 130 Å². The van der Waals surface area contributed by atoms with Crippen molar-refractivity contribution in [3.63, 3.8) is 0 Å². The molecule has 0 heterocycles. The van der Waals surface area contributed by atoms with Gasteiger partial charge in [0.05, 0.1) is 5.41 Å². The summed E-state index contributed by atoms with van der Waals surface area (Å²) in [5, 5.41) is 0. The van der Waals surface area contributed by atoms with Gasteiger partial charge in [-0.15, -0.1) is 0 Å². The highest BCUT2D eigenvalue weighted by molar-refractivity contribution is 14.1. The molecule has 0 saturated heterocycles. The number of hydrogen-bond donors (Lipinski definition) is 0. The predicted octanol–water partition coefficient (Wildman–Crippen LogP) is 7.29. The molecule has 0 saturated carbocycles. The molecule has 132 valence electrons. The van der Waals surface area contributed by atoms with Gasteiger partial charge >= 0.3 is 0 Å². The molecule has 0 nitrogen and oxygen atoms in total. The quantitative estimate of drug-likeness (QED) is 0.283. The first-order valence-corrected chi connectivity index (χ1v) is 10.2. The molecular weight excluding hydrogens is 439 g/mol. The van der Waals surface area contributed by atoms with Crippen molar-refractivity contribution in [3.8, 4) is 11.1 Å². The Hall–Kier alpha value is -2.39. The second kappa shape index (κ2) is 7.32. The van der Waals surface area contributed by atoms with Gasteiger partial charge in [-0.05, 0) is 63.4 Å². The Labute approximate surface area is 175 Å². The number of hydrogen-bond acceptors (Lipinski definition) is 0. The maximum atomic E-state index is 4.00. The summed E-state index contributed by atoms with van der Waals surface area (Å²) in [5.41, 5.74) is 7.52. The van der Waals surface area contributed by atoms with E-state index in [0.717, 1.165) is 0 Å². The van der Waals surface area contributed by atoms with Gasteiger partial charge in [-0.3, -0.25) is 0 Å². The van der Waals surface area contributed by atoms with Crippen LogP contribution in [0.1, 0.15) is 23.6 Å². The highest BCUT2D eigenvalue weighted by atomic mass is 127. The number of rotatable bonds is 4. The maximum Gasteiger partial charge on any atom is 0.0713 e. The zero-order valence-corrected chi connectivity index (χ0v) is 17.5. The van der Waals surface area contributed by atoms with E-state index in [2.05, 4.69) is 127 Å². The molecule has 1 aliphatic carbocycles. The van der Waals surface area contributed by atoms with Gasteiger partial charge in [0.15, 0.2) is 0 Å². The highest BCUT2D eigenvalue weighted by Crippen LogP contribution is 2.57. The van der Waals surface area contributed by atoms with Crippen LogP contribution in [0.2, 0.25) is 0 Å². The minimum atomic E-state index is -0.338. The summed E-state index contributed by atoms with van der Waals surface area (Å²) in [7, 11) is 0. The molecular formula is C26H21I. The third kappa shape index (κ3) is 2.64. The summed E-state index contributed by atoms with van der Waals surface area (Å²) in [5.74, 6) is 0. The molecule has 0 bridgehead atoms. The van der Waals surface area contributed by atoms with Crippen LogP contribution in [0.4, 0.5) is 0 Å². The lowest BCUT2D eigenvalue weighted by Gasteiger charge is -2.34. The van der Waals surface area contributed by atoms with E-state index in [-0.39, 0.29) is 5.41 Å². The standard InChI is InChI=1S/C26H21I/c1-3-11-19(12-4-2)26(20-13-6-5-7-14-20)22-16-9-8-15-21(22)25-23(26)17-10-18-24(25)27/h3-18H,1H2,2H3/b12-4-,19-11+. The van der Waals surface area contributed by atoms with Crippen LogP contribution in [0.3, 0.4) is 0 Å². The second-order valence-electron chi connectivity index (χ2n) is 6.68. The predicted molar refractivity (Wildman–Crippen MR) is 124 cm³/mol. The zero-order chi connectivity index (χ0) is 18.9. The summed E-state index contributed by atoms with van der Waals surface area (Å²) in [6, 6.07) is 26.3. The molecule has 0 N–H and O–H groups in total. The maximum absolute atomic E-state index is 4.00. The lowest BCUT2D eigenvalue weighted by molar-refractivity contribution is 0.766. The molecule has 3 aromatic rings. The van der Waals surface area contributed by atoms with Gasteiger partial charge in [0.1, 0.15) is 0 Å². The average molecular weight is 460 g/mol. The highest BCUT2D eigenvalue weighted by Gasteiger charge is 2.46. The molecule has 1 atom stereocenters. The largest absolute Gasteiger partial charge is 0.0991 e. The van der Waals surface area contributed by atoms with Crippen molar-refractivity contribution >= 4 is 22.6 Å². The Balaban J connectivity index is 2.23. The molecule has 1 unspecified atom stereocenters. The molecule has 0 aliphatic heterocycles. The lowest BCUT2D eigenvalue weighted by atomic mass is 9.67. The molecule has 27 heavy (non-hydrogen) atoms. The lowest BCUT2D eigenvalue weighted by Crippen LogP contribution is -2.29. The van der Waals surface area contributed by atoms with Crippen LogP contribution in [0.25, 0.3) is 11.1 Å². The fourth-order valence-electron chi connectivity index (χ4n) is 4.37. The summed E-state index contributed by atoms with van der Waals surface area (Å²) >= 11 is 2.47. The van der Waals surface area contributed by atoms with Crippen molar-refractivity contribution in [2.45, 2.75) is 12.3 Å². The third-order valence-corrected chi connectivity index (χ3v) is 6.20. The van der Waals surface area contributed by atoms with E-state index in [4.69, 9.17) is 0 Å². The van der Waals surface area contributed by atoms with Gasteiger partial charge < -0.3 is 0 Å². The molecule has 4 rings (SSSR count). The number of halogens is 1. The Morgan fingerprint density at radius 2 is 1.59 bits per heavy atom. The number of fused-ring (bicyclic) bond motifs is 3. The zero-order valence-electron chi connectivity index (χ0n) is 15.3. The number of allylic oxidation sites excluding steroid dienone is 5. The molecule has 0 amide bonds. The van der Waals surface area contributed by atoms with E-state index in [9.17, 15) is 0 Å². The van der Waals surface area contributed by atoms with Crippen molar-refractivity contribution in [2.75, 3.05) is 0 Å². The number of benzene rings is 3. The Morgan fingerprint density at radius 1 is 0.889 bits per heavy atom. The second-order valence-corrected chi connectivity index (χ2v) is 7.84. The van der Waals surface area contributed by atoms with Crippen molar-refractivity contribution < 1.29 is 0 Å². The smallest absolute Gasteiger partial charge is 0.0713 e. The first kappa shape index (κ1) is 18.0. The van der Waals surface area contributed by atoms with Crippen molar-refractivity contribution in [2.24, 2.45) is 0 Å². The van der Waals surface area contributed by atoms with Crippen LogP contribution in [0, 0.1) is 3.57 Å². The molecule has 1 heteroatoms. The van der Waals surface area contributed by atoms with Gasteiger partial charge in [-0.25, -0.2) is 0 Å². The molecule has 0 aromatic heterocycles. The fraction of sp³-hybridized carbons (Fsp3) is 0.0769. The van der Waals surface area contributed by atoms with Crippen LogP contribution < -0.4 is 0 Å². The van der Waals surface area contributed by atoms with E-state index in [1.807, 2.05) is 6.08 Å². The van der Waals surface area contributed by atoms with Crippen LogP contribution in [-0.2, 0) is 5.41 Å². The molecule has 0 spiro atoms. The Morgan fingerprint density at radius 3 is 2.33 bits per heavy atom. The third-order valence-electron chi connectivity index (χ3n) is 5.30. The van der Waals surface area contributed by atoms with E-state index in [0.29, 0.717) is 0 Å². The van der Waals surface area contributed by atoms with Gasteiger partial charge in [0.25, 0.3) is 0 Å². The van der Waals surface area contributed by atoms with Crippen molar-refractivity contribution in [1.29, 1.82) is 0 Å². The summed E-state index contributed by atoms with van der Waals surface area (Å²) in [4.78, 5) is 0. The fourth-order valence-corrected chi connectivity index (χ4v) is 5.16. The average Bonchev–Trinajstić information content (AvgIpc) is 3.01. The monoisotopic (exact) mass is 460 g/mol. The minimum Gasteiger partial charge on any atom is -0.0991 e. The first-order valence-electron chi connectivity index (χ1n) is 9.15. The van der Waals surface area contributed by atoms with Gasteiger partial charge in [0, 0.05) is 9.13 Å². The van der Waals surface area contributed by atoms with Gasteiger partial charge in [0.2, 0.25) is 0 Å². The van der Waals surface area contributed by atoms with Crippen LogP contribution in [0.5, 0.6) is 0 Å². The molecule has 3 aromatic carbocycles. The Kier molecular flexibility index (Phi) is 4.88. The molecule has 0 fully saturated rings. The van der Waals surface area contributed by atoms with Crippen molar-refractivity contribution in [1.82, 2.24) is 0 Å².